The van der Waals surface area contributed by atoms with Gasteiger partial charge in [0.1, 0.15) is 0 Å². The number of hydrogen-bond donors (Lipinski definition) is 0. The zero-order valence-electron chi connectivity index (χ0n) is 16.1. The fourth-order valence-electron chi connectivity index (χ4n) is 1.95. The Morgan fingerprint density at radius 2 is 0.800 bits per heavy atom. The van der Waals surface area contributed by atoms with Crippen LogP contribution in [0.4, 0.5) is 83.4 Å². The van der Waals surface area contributed by atoms with Crippen molar-refractivity contribution < 1.29 is 92.9 Å². The predicted octanol–water partition coefficient (Wildman–Crippen LogP) is 6.97. The van der Waals surface area contributed by atoms with Crippen molar-refractivity contribution in [2.45, 2.75) is 73.3 Å². The van der Waals surface area contributed by atoms with Gasteiger partial charge in [-0.3, -0.25) is 4.79 Å². The maximum atomic E-state index is 13.5. The van der Waals surface area contributed by atoms with Crippen LogP contribution in [0, 0.1) is 0 Å². The van der Waals surface area contributed by atoms with Gasteiger partial charge in [-0.05, 0) is 0 Å². The number of esters is 1. The third kappa shape index (κ3) is 4.66. The number of carbonyl (C=O) groups excluding carboxylic acids is 1. The van der Waals surface area contributed by atoms with Crippen LogP contribution in [0.2, 0.25) is 0 Å². The molecular formula is C14H9F19O2. The summed E-state index contributed by atoms with van der Waals surface area (Å²) in [6, 6.07) is 0. The van der Waals surface area contributed by atoms with E-state index in [1.165, 1.54) is 0 Å². The maximum Gasteiger partial charge on any atom is 0.460 e. The zero-order chi connectivity index (χ0) is 28.9. The number of alkyl halides is 19. The number of ether oxygens (including phenoxy) is 1. The van der Waals surface area contributed by atoms with Gasteiger partial charge in [0.05, 0.1) is 13.0 Å². The Morgan fingerprint density at radius 1 is 0.514 bits per heavy atom. The maximum absolute atomic E-state index is 13.5. The molecule has 0 aliphatic rings. The van der Waals surface area contributed by atoms with Crippen molar-refractivity contribution in [2.24, 2.45) is 0 Å². The van der Waals surface area contributed by atoms with E-state index >= 15 is 0 Å². The minimum atomic E-state index is -8.95. The van der Waals surface area contributed by atoms with E-state index < -0.39 is 79.0 Å². The Labute approximate surface area is 180 Å². The highest BCUT2D eigenvalue weighted by atomic mass is 19.4. The standard InChI is InChI=1S/C14H9F19O2/c1-2-5(34)35-4-3-6(15,16)7(17,18)8(19,20)9(21,22)10(23,24)11(25,26)12(27,28)13(29,30)14(31,32)33/h2-4H2,1H3. The van der Waals surface area contributed by atoms with Gasteiger partial charge in [0, 0.05) is 6.42 Å². The second-order valence-electron chi connectivity index (χ2n) is 6.55. The number of halogens is 19. The molecular weight excluding hydrogens is 561 g/mol. The molecule has 0 heterocycles. The van der Waals surface area contributed by atoms with Crippen molar-refractivity contribution in [1.29, 1.82) is 0 Å². The van der Waals surface area contributed by atoms with E-state index in [1.54, 1.807) is 0 Å². The van der Waals surface area contributed by atoms with Crippen LogP contribution < -0.4 is 0 Å². The highest BCUT2D eigenvalue weighted by molar-refractivity contribution is 5.68. The Kier molecular flexibility index (Phi) is 8.44. The number of carbonyl (C=O) groups is 1. The summed E-state index contributed by atoms with van der Waals surface area (Å²) < 4.78 is 252. The van der Waals surface area contributed by atoms with Crippen LogP contribution in [0.3, 0.4) is 0 Å². The van der Waals surface area contributed by atoms with Crippen molar-refractivity contribution in [3.63, 3.8) is 0 Å². The molecule has 0 aromatic heterocycles. The van der Waals surface area contributed by atoms with Crippen LogP contribution >= 0.6 is 0 Å². The molecule has 0 aromatic rings. The van der Waals surface area contributed by atoms with Crippen molar-refractivity contribution in [2.75, 3.05) is 6.61 Å². The quantitative estimate of drug-likeness (QED) is 0.198. The molecule has 0 saturated heterocycles. The van der Waals surface area contributed by atoms with Crippen molar-refractivity contribution in [3.05, 3.63) is 0 Å². The van der Waals surface area contributed by atoms with Gasteiger partial charge in [-0.1, -0.05) is 6.92 Å². The molecule has 0 unspecified atom stereocenters. The molecule has 0 N–H and O–H groups in total. The summed E-state index contributed by atoms with van der Waals surface area (Å²) in [5, 5.41) is 0. The molecule has 0 bridgehead atoms. The first kappa shape index (κ1) is 33.1. The molecule has 2 nitrogen and oxygen atoms in total. The second-order valence-corrected chi connectivity index (χ2v) is 6.55. The van der Waals surface area contributed by atoms with Gasteiger partial charge in [0.25, 0.3) is 0 Å². The van der Waals surface area contributed by atoms with E-state index in [-0.39, 0.29) is 0 Å². The van der Waals surface area contributed by atoms with Gasteiger partial charge in [-0.15, -0.1) is 0 Å². The minimum Gasteiger partial charge on any atom is -0.465 e. The van der Waals surface area contributed by atoms with E-state index in [0.29, 0.717) is 0 Å². The van der Waals surface area contributed by atoms with E-state index in [0.717, 1.165) is 6.92 Å². The third-order valence-electron chi connectivity index (χ3n) is 4.15. The highest BCUT2D eigenvalue weighted by Gasteiger charge is 2.96. The molecule has 21 heteroatoms. The van der Waals surface area contributed by atoms with E-state index in [2.05, 4.69) is 4.74 Å². The first-order valence-electron chi connectivity index (χ1n) is 8.20. The summed E-state index contributed by atoms with van der Waals surface area (Å²) in [5.74, 6) is -68.3. The Balaban J connectivity index is 6.61. The molecule has 0 spiro atoms. The van der Waals surface area contributed by atoms with Crippen LogP contribution in [-0.2, 0) is 9.53 Å². The van der Waals surface area contributed by atoms with Crippen LogP contribution in [0.25, 0.3) is 0 Å². The summed E-state index contributed by atoms with van der Waals surface area (Å²) in [7, 11) is 0. The van der Waals surface area contributed by atoms with Gasteiger partial charge in [0.15, 0.2) is 0 Å². The lowest BCUT2D eigenvalue weighted by molar-refractivity contribution is -0.468. The van der Waals surface area contributed by atoms with Crippen LogP contribution in [0.5, 0.6) is 0 Å². The normalized spacial score (nSPS) is 15.9. The topological polar surface area (TPSA) is 26.3 Å². The third-order valence-corrected chi connectivity index (χ3v) is 4.15. The second kappa shape index (κ2) is 8.91. The first-order valence-corrected chi connectivity index (χ1v) is 8.20. The van der Waals surface area contributed by atoms with Crippen LogP contribution in [-0.4, -0.2) is 66.1 Å². The van der Waals surface area contributed by atoms with Gasteiger partial charge in [-0.2, -0.15) is 83.4 Å². The monoisotopic (exact) mass is 570 g/mol. The molecule has 0 radical (unpaired) electrons. The molecule has 0 aliphatic heterocycles. The zero-order valence-corrected chi connectivity index (χ0v) is 16.1. The van der Waals surface area contributed by atoms with Crippen LogP contribution in [0.1, 0.15) is 19.8 Å². The molecule has 0 aromatic carbocycles. The predicted molar refractivity (Wildman–Crippen MR) is 71.5 cm³/mol. The summed E-state index contributed by atoms with van der Waals surface area (Å²) >= 11 is 0. The number of hydrogen-bond acceptors (Lipinski definition) is 2. The van der Waals surface area contributed by atoms with Crippen LogP contribution in [0.15, 0.2) is 0 Å². The molecule has 0 atom stereocenters. The van der Waals surface area contributed by atoms with Gasteiger partial charge in [0.2, 0.25) is 0 Å². The molecule has 0 fully saturated rings. The van der Waals surface area contributed by atoms with E-state index in [1.807, 2.05) is 0 Å². The molecule has 210 valence electrons. The van der Waals surface area contributed by atoms with E-state index in [4.69, 9.17) is 0 Å². The molecule has 0 amide bonds. The van der Waals surface area contributed by atoms with Gasteiger partial charge < -0.3 is 4.74 Å². The Morgan fingerprint density at radius 3 is 1.09 bits per heavy atom. The fourth-order valence-corrected chi connectivity index (χ4v) is 1.95. The van der Waals surface area contributed by atoms with Gasteiger partial charge in [-0.25, -0.2) is 0 Å². The van der Waals surface area contributed by atoms with E-state index in [9.17, 15) is 88.2 Å². The molecule has 35 heavy (non-hydrogen) atoms. The summed E-state index contributed by atoms with van der Waals surface area (Å²) in [6.07, 6.45) is -11.5. The Hall–Kier alpha value is -1.86. The van der Waals surface area contributed by atoms with Crippen molar-refractivity contribution >= 4 is 5.97 Å². The molecule has 0 saturated carbocycles. The Bertz CT molecular complexity index is 766. The minimum absolute atomic E-state index is 0.658. The largest absolute Gasteiger partial charge is 0.465 e. The fraction of sp³-hybridized carbons (Fsp3) is 0.929. The summed E-state index contributed by atoms with van der Waals surface area (Å²) in [4.78, 5) is 10.7. The van der Waals surface area contributed by atoms with Crippen molar-refractivity contribution in [1.82, 2.24) is 0 Å². The summed E-state index contributed by atoms with van der Waals surface area (Å²) in [6.45, 7) is -1.04. The molecule has 0 rings (SSSR count). The summed E-state index contributed by atoms with van der Waals surface area (Å²) in [5.41, 5.74) is 0. The lowest BCUT2D eigenvalue weighted by Crippen LogP contribution is -2.75. The van der Waals surface area contributed by atoms with Crippen molar-refractivity contribution in [3.8, 4) is 0 Å². The average molecular weight is 570 g/mol. The molecule has 0 aliphatic carbocycles. The first-order chi connectivity index (χ1) is 15.0. The van der Waals surface area contributed by atoms with Gasteiger partial charge >= 0.3 is 59.5 Å². The number of rotatable bonds is 11. The smallest absolute Gasteiger partial charge is 0.460 e. The highest BCUT2D eigenvalue weighted by Crippen LogP contribution is 2.65. The average Bonchev–Trinajstić information content (AvgIpc) is 2.65. The SMILES string of the molecule is CCC(=O)OCCC(F)(F)C(F)(F)C(F)(F)C(F)(F)C(F)(F)C(F)(F)C(F)(F)C(F)(F)C(F)(F)F. The lowest BCUT2D eigenvalue weighted by Gasteiger charge is -2.43. The lowest BCUT2D eigenvalue weighted by atomic mass is 9.87.